The normalized spacial score (nSPS) is 13.8. The Hall–Kier alpha value is -1.96. The Morgan fingerprint density at radius 1 is 0.944 bits per heavy atom. The lowest BCUT2D eigenvalue weighted by Gasteiger charge is -2.17. The van der Waals surface area contributed by atoms with E-state index in [1.807, 2.05) is 18.2 Å². The summed E-state index contributed by atoms with van der Waals surface area (Å²) in [5, 5.41) is 9.55. The maximum absolute atomic E-state index is 9.55. The fourth-order valence-electron chi connectivity index (χ4n) is 2.57. The highest BCUT2D eigenvalue weighted by atomic mass is 16.3. The van der Waals surface area contributed by atoms with Gasteiger partial charge in [0, 0.05) is 24.8 Å². The number of phenols is 1. The highest BCUT2D eigenvalue weighted by Gasteiger charge is 2.20. The van der Waals surface area contributed by atoms with E-state index >= 15 is 0 Å². The zero-order valence-electron chi connectivity index (χ0n) is 10.8. The molecule has 3 rings (SSSR count). The van der Waals surface area contributed by atoms with Crippen LogP contribution in [0, 0.1) is 13.8 Å². The van der Waals surface area contributed by atoms with Gasteiger partial charge in [0.1, 0.15) is 5.75 Å². The summed E-state index contributed by atoms with van der Waals surface area (Å²) in [6.07, 6.45) is 0. The number of aryl methyl sites for hydroxylation is 2. The maximum atomic E-state index is 9.55. The van der Waals surface area contributed by atoms with Crippen LogP contribution in [-0.4, -0.2) is 5.11 Å². The molecule has 1 heterocycles. The van der Waals surface area contributed by atoms with Crippen molar-refractivity contribution in [1.82, 2.24) is 0 Å². The molecule has 0 atom stereocenters. The van der Waals surface area contributed by atoms with Crippen LogP contribution in [0.15, 0.2) is 36.4 Å². The third-order valence-electron chi connectivity index (χ3n) is 3.73. The van der Waals surface area contributed by atoms with Gasteiger partial charge in [0.25, 0.3) is 0 Å². The molecule has 1 aliphatic heterocycles. The molecular weight excluding hydrogens is 222 g/mol. The second-order valence-electron chi connectivity index (χ2n) is 5.08. The van der Waals surface area contributed by atoms with Gasteiger partial charge in [0.2, 0.25) is 0 Å². The van der Waals surface area contributed by atoms with Crippen molar-refractivity contribution in [3.63, 3.8) is 0 Å². The van der Waals surface area contributed by atoms with Gasteiger partial charge < -0.3 is 10.0 Å². The molecule has 0 bridgehead atoms. The number of anilines is 1. The number of hydrogen-bond donors (Lipinski definition) is 1. The topological polar surface area (TPSA) is 23.5 Å². The largest absolute Gasteiger partial charge is 0.508 e. The Morgan fingerprint density at radius 2 is 1.56 bits per heavy atom. The van der Waals surface area contributed by atoms with Crippen molar-refractivity contribution in [2.45, 2.75) is 26.9 Å². The summed E-state index contributed by atoms with van der Waals surface area (Å²) < 4.78 is 0. The van der Waals surface area contributed by atoms with E-state index in [1.165, 1.54) is 22.3 Å². The van der Waals surface area contributed by atoms with E-state index in [-0.39, 0.29) is 0 Å². The van der Waals surface area contributed by atoms with E-state index in [0.717, 1.165) is 18.8 Å². The molecule has 0 radical (unpaired) electrons. The van der Waals surface area contributed by atoms with E-state index in [2.05, 4.69) is 30.9 Å². The van der Waals surface area contributed by atoms with Crippen LogP contribution in [0.3, 0.4) is 0 Å². The van der Waals surface area contributed by atoms with Crippen molar-refractivity contribution in [3.8, 4) is 5.75 Å². The van der Waals surface area contributed by atoms with Gasteiger partial charge in [-0.15, -0.1) is 0 Å². The van der Waals surface area contributed by atoms with Gasteiger partial charge in [-0.25, -0.2) is 0 Å². The number of aromatic hydroxyl groups is 1. The minimum Gasteiger partial charge on any atom is -0.508 e. The molecule has 0 saturated heterocycles. The molecule has 0 fully saturated rings. The molecule has 0 aromatic heterocycles. The number of hydrogen-bond acceptors (Lipinski definition) is 2. The standard InChI is InChI=1S/C16H17NO/c1-11-6-13-9-17(10-14(13)7-12(11)2)15-4-3-5-16(18)8-15/h3-8,18H,9-10H2,1-2H3. The first-order valence-corrected chi connectivity index (χ1v) is 6.26. The molecule has 0 aliphatic carbocycles. The Kier molecular flexibility index (Phi) is 2.51. The minimum atomic E-state index is 0.329. The quantitative estimate of drug-likeness (QED) is 0.823. The summed E-state index contributed by atoms with van der Waals surface area (Å²) in [6.45, 7) is 6.18. The predicted octanol–water partition coefficient (Wildman–Crippen LogP) is 3.53. The highest BCUT2D eigenvalue weighted by molar-refractivity contribution is 5.55. The number of phenolic OH excluding ortho intramolecular Hbond substituents is 1. The average molecular weight is 239 g/mol. The molecule has 0 saturated carbocycles. The Bertz CT molecular complexity index is 573. The van der Waals surface area contributed by atoms with Crippen LogP contribution in [0.25, 0.3) is 0 Å². The SMILES string of the molecule is Cc1cc2c(cc1C)CN(c1cccc(O)c1)C2. The molecule has 0 unspecified atom stereocenters. The van der Waals surface area contributed by atoms with E-state index in [0.29, 0.717) is 5.75 Å². The number of benzene rings is 2. The molecule has 0 amide bonds. The molecular formula is C16H17NO. The van der Waals surface area contributed by atoms with E-state index in [4.69, 9.17) is 0 Å². The van der Waals surface area contributed by atoms with Crippen molar-refractivity contribution >= 4 is 5.69 Å². The molecule has 0 spiro atoms. The molecule has 2 aromatic carbocycles. The molecule has 18 heavy (non-hydrogen) atoms. The Labute approximate surface area is 107 Å². The predicted molar refractivity (Wildman–Crippen MR) is 73.9 cm³/mol. The Balaban J connectivity index is 1.93. The van der Waals surface area contributed by atoms with E-state index in [1.54, 1.807) is 6.07 Å². The minimum absolute atomic E-state index is 0.329. The zero-order valence-corrected chi connectivity index (χ0v) is 10.8. The van der Waals surface area contributed by atoms with Crippen molar-refractivity contribution in [1.29, 1.82) is 0 Å². The molecule has 2 heteroatoms. The summed E-state index contributed by atoms with van der Waals surface area (Å²) in [6, 6.07) is 12.0. The lowest BCUT2D eigenvalue weighted by Crippen LogP contribution is -2.13. The first-order chi connectivity index (χ1) is 8.63. The molecule has 1 N–H and O–H groups in total. The van der Waals surface area contributed by atoms with Crippen molar-refractivity contribution in [3.05, 3.63) is 58.7 Å². The Morgan fingerprint density at radius 3 is 2.11 bits per heavy atom. The van der Waals surface area contributed by atoms with Crippen molar-refractivity contribution in [2.75, 3.05) is 4.90 Å². The fraction of sp³-hybridized carbons (Fsp3) is 0.250. The third kappa shape index (κ3) is 1.84. The summed E-state index contributed by atoms with van der Waals surface area (Å²) in [5.74, 6) is 0.329. The van der Waals surface area contributed by atoms with Crippen molar-refractivity contribution < 1.29 is 5.11 Å². The monoisotopic (exact) mass is 239 g/mol. The highest BCUT2D eigenvalue weighted by Crippen LogP contribution is 2.31. The van der Waals surface area contributed by atoms with Gasteiger partial charge in [-0.05, 0) is 48.2 Å². The lowest BCUT2D eigenvalue weighted by molar-refractivity contribution is 0.475. The molecule has 1 aliphatic rings. The van der Waals surface area contributed by atoms with E-state index in [9.17, 15) is 5.11 Å². The number of fused-ring (bicyclic) bond motifs is 1. The lowest BCUT2D eigenvalue weighted by atomic mass is 10.0. The van der Waals surface area contributed by atoms with Crippen LogP contribution >= 0.6 is 0 Å². The van der Waals surface area contributed by atoms with Gasteiger partial charge in [-0.3, -0.25) is 0 Å². The number of rotatable bonds is 1. The van der Waals surface area contributed by atoms with Crippen LogP contribution in [0.1, 0.15) is 22.3 Å². The van der Waals surface area contributed by atoms with Gasteiger partial charge in [-0.2, -0.15) is 0 Å². The smallest absolute Gasteiger partial charge is 0.117 e. The first kappa shape index (κ1) is 11.1. The van der Waals surface area contributed by atoms with Crippen LogP contribution in [0.4, 0.5) is 5.69 Å². The van der Waals surface area contributed by atoms with Crippen molar-refractivity contribution in [2.24, 2.45) is 0 Å². The maximum Gasteiger partial charge on any atom is 0.117 e. The van der Waals surface area contributed by atoms with Gasteiger partial charge in [0.05, 0.1) is 0 Å². The zero-order chi connectivity index (χ0) is 12.7. The summed E-state index contributed by atoms with van der Waals surface area (Å²) in [4.78, 5) is 2.29. The molecule has 2 aromatic rings. The average Bonchev–Trinajstić information content (AvgIpc) is 2.73. The fourth-order valence-corrected chi connectivity index (χ4v) is 2.57. The number of nitrogens with zero attached hydrogens (tertiary/aromatic N) is 1. The van der Waals surface area contributed by atoms with Crippen LogP contribution in [0.2, 0.25) is 0 Å². The van der Waals surface area contributed by atoms with Gasteiger partial charge in [0.15, 0.2) is 0 Å². The summed E-state index contributed by atoms with van der Waals surface area (Å²) in [7, 11) is 0. The molecule has 92 valence electrons. The third-order valence-corrected chi connectivity index (χ3v) is 3.73. The van der Waals surface area contributed by atoms with Crippen LogP contribution in [0.5, 0.6) is 5.75 Å². The van der Waals surface area contributed by atoms with Crippen LogP contribution < -0.4 is 4.90 Å². The molecule has 2 nitrogen and oxygen atoms in total. The van der Waals surface area contributed by atoms with Gasteiger partial charge in [-0.1, -0.05) is 18.2 Å². The van der Waals surface area contributed by atoms with Gasteiger partial charge >= 0.3 is 0 Å². The van der Waals surface area contributed by atoms with Crippen LogP contribution in [-0.2, 0) is 13.1 Å². The second kappa shape index (κ2) is 4.05. The summed E-state index contributed by atoms with van der Waals surface area (Å²) in [5.41, 5.74) is 6.60. The second-order valence-corrected chi connectivity index (χ2v) is 5.08. The summed E-state index contributed by atoms with van der Waals surface area (Å²) >= 11 is 0. The first-order valence-electron chi connectivity index (χ1n) is 6.26. The van der Waals surface area contributed by atoms with E-state index < -0.39 is 0 Å².